The monoisotopic (exact) mass is 216 g/mol. The lowest BCUT2D eigenvalue weighted by atomic mass is 10.1. The van der Waals surface area contributed by atoms with Crippen molar-refractivity contribution in [2.24, 2.45) is 10.4 Å². The van der Waals surface area contributed by atoms with Crippen LogP contribution in [0.15, 0.2) is 32.8 Å². The van der Waals surface area contributed by atoms with Crippen molar-refractivity contribution in [1.29, 1.82) is 0 Å². The third-order valence-electron chi connectivity index (χ3n) is 2.01. The Morgan fingerprint density at radius 2 is 2.29 bits per heavy atom. The molecule has 0 spiro atoms. The Balaban J connectivity index is 2.51. The van der Waals surface area contributed by atoms with E-state index in [9.17, 15) is 8.42 Å². The molecule has 0 N–H and O–H groups in total. The maximum absolute atomic E-state index is 11.3. The fraction of sp³-hybridized carbons (Fsp3) is 0.429. The summed E-state index contributed by atoms with van der Waals surface area (Å²) in [4.78, 5) is 0.0515. The average Bonchev–Trinajstić information content (AvgIpc) is 2.17. The van der Waals surface area contributed by atoms with Gasteiger partial charge in [-0.05, 0) is 6.08 Å². The zero-order chi connectivity index (χ0) is 10.2. The van der Waals surface area contributed by atoms with Crippen LogP contribution in [0.5, 0.6) is 0 Å². The number of hydrogen-bond donors (Lipinski definition) is 0. The Labute approximate surface area is 81.0 Å². The minimum atomic E-state index is -3.76. The topological polar surface area (TPSA) is 77.3 Å². The average molecular weight is 216 g/mol. The van der Waals surface area contributed by atoms with Gasteiger partial charge in [0.05, 0.1) is 18.6 Å². The van der Waals surface area contributed by atoms with E-state index >= 15 is 0 Å². The highest BCUT2D eigenvalue weighted by Gasteiger charge is 2.29. The van der Waals surface area contributed by atoms with E-state index in [-0.39, 0.29) is 4.91 Å². The highest BCUT2D eigenvalue weighted by Crippen LogP contribution is 2.32. The second kappa shape index (κ2) is 3.09. The summed E-state index contributed by atoms with van der Waals surface area (Å²) in [7, 11) is -2.27. The van der Waals surface area contributed by atoms with Gasteiger partial charge in [-0.25, -0.2) is 4.28 Å². The van der Waals surface area contributed by atoms with Crippen molar-refractivity contribution in [3.8, 4) is 0 Å². The lowest BCUT2D eigenvalue weighted by molar-refractivity contribution is 0.270. The molecule has 0 bridgehead atoms. The van der Waals surface area contributed by atoms with E-state index in [1.165, 1.54) is 13.2 Å². The SMILES string of the molecule is COC1=CC2=C(CC1)N=NOS2(=O)=O. The fourth-order valence-corrected chi connectivity index (χ4v) is 2.20. The van der Waals surface area contributed by atoms with Crippen LogP contribution >= 0.6 is 0 Å². The minimum absolute atomic E-state index is 0.0515. The largest absolute Gasteiger partial charge is 0.501 e. The number of allylic oxidation sites excluding steroid dienone is 3. The van der Waals surface area contributed by atoms with E-state index < -0.39 is 10.1 Å². The van der Waals surface area contributed by atoms with Crippen LogP contribution in [0.3, 0.4) is 0 Å². The summed E-state index contributed by atoms with van der Waals surface area (Å²) < 4.78 is 31.9. The van der Waals surface area contributed by atoms with Crippen LogP contribution in [0, 0.1) is 0 Å². The summed E-state index contributed by atoms with van der Waals surface area (Å²) in [6, 6.07) is 0. The molecule has 0 unspecified atom stereocenters. The Hall–Kier alpha value is -1.37. The molecule has 0 amide bonds. The fourth-order valence-electron chi connectivity index (χ4n) is 1.29. The molecule has 0 fully saturated rings. The van der Waals surface area contributed by atoms with Crippen LogP contribution in [-0.4, -0.2) is 15.5 Å². The number of nitrogens with zero attached hydrogens (tertiary/aromatic N) is 2. The van der Waals surface area contributed by atoms with Gasteiger partial charge in [-0.15, -0.1) is 5.11 Å². The molecule has 0 saturated heterocycles. The first-order valence-electron chi connectivity index (χ1n) is 3.96. The Bertz CT molecular complexity index is 446. The van der Waals surface area contributed by atoms with Gasteiger partial charge < -0.3 is 4.74 Å². The molecule has 2 rings (SSSR count). The molecule has 76 valence electrons. The van der Waals surface area contributed by atoms with Crippen LogP contribution in [-0.2, 0) is 19.1 Å². The molecule has 0 atom stereocenters. The maximum atomic E-state index is 11.3. The van der Waals surface area contributed by atoms with Crippen molar-refractivity contribution in [2.75, 3.05) is 7.11 Å². The summed E-state index contributed by atoms with van der Waals surface area (Å²) >= 11 is 0. The molecule has 1 aliphatic heterocycles. The van der Waals surface area contributed by atoms with Crippen molar-refractivity contribution >= 4 is 10.1 Å². The quantitative estimate of drug-likeness (QED) is 0.660. The van der Waals surface area contributed by atoms with Gasteiger partial charge in [0.1, 0.15) is 4.91 Å². The van der Waals surface area contributed by atoms with Crippen molar-refractivity contribution in [3.63, 3.8) is 0 Å². The molecule has 2 aliphatic rings. The van der Waals surface area contributed by atoms with Crippen molar-refractivity contribution in [3.05, 3.63) is 22.4 Å². The first kappa shape index (κ1) is 9.20. The molecule has 0 radical (unpaired) electrons. The molecule has 6 nitrogen and oxygen atoms in total. The van der Waals surface area contributed by atoms with Crippen LogP contribution in [0.4, 0.5) is 0 Å². The molecule has 0 aromatic heterocycles. The van der Waals surface area contributed by atoms with Gasteiger partial charge in [-0.2, -0.15) is 8.42 Å². The summed E-state index contributed by atoms with van der Waals surface area (Å²) in [6.07, 6.45) is 2.55. The predicted molar refractivity (Wildman–Crippen MR) is 46.2 cm³/mol. The standard InChI is InChI=1S/C7H8N2O4S/c1-12-5-2-3-6-7(4-5)14(10,11)13-9-8-6/h4H,2-3H2,1H3. The van der Waals surface area contributed by atoms with Crippen molar-refractivity contribution in [1.82, 2.24) is 0 Å². The van der Waals surface area contributed by atoms with Crippen LogP contribution < -0.4 is 0 Å². The molecule has 0 aromatic carbocycles. The summed E-state index contributed by atoms with van der Waals surface area (Å²) in [5.41, 5.74) is 0.428. The predicted octanol–water partition coefficient (Wildman–Crippen LogP) is 1.25. The maximum Gasteiger partial charge on any atom is 0.361 e. The zero-order valence-electron chi connectivity index (χ0n) is 7.43. The normalized spacial score (nSPS) is 23.6. The lowest BCUT2D eigenvalue weighted by Gasteiger charge is -2.16. The smallest absolute Gasteiger partial charge is 0.361 e. The molecule has 1 aliphatic carbocycles. The van der Waals surface area contributed by atoms with Crippen molar-refractivity contribution < 1.29 is 17.4 Å². The molecular formula is C7H8N2O4S. The van der Waals surface area contributed by atoms with Crippen molar-refractivity contribution in [2.45, 2.75) is 12.8 Å². The molecular weight excluding hydrogens is 208 g/mol. The summed E-state index contributed by atoms with van der Waals surface area (Å²) in [6.45, 7) is 0. The number of rotatable bonds is 1. The van der Waals surface area contributed by atoms with E-state index in [0.29, 0.717) is 24.3 Å². The minimum Gasteiger partial charge on any atom is -0.501 e. The Morgan fingerprint density at radius 3 is 3.00 bits per heavy atom. The lowest BCUT2D eigenvalue weighted by Crippen LogP contribution is -2.13. The number of methoxy groups -OCH3 is 1. The molecule has 1 heterocycles. The Morgan fingerprint density at radius 1 is 1.50 bits per heavy atom. The van der Waals surface area contributed by atoms with E-state index in [4.69, 9.17) is 4.74 Å². The molecule has 0 aromatic rings. The van der Waals surface area contributed by atoms with Gasteiger partial charge in [-0.3, -0.25) is 0 Å². The van der Waals surface area contributed by atoms with Gasteiger partial charge in [0, 0.05) is 18.1 Å². The van der Waals surface area contributed by atoms with Crippen LogP contribution in [0.2, 0.25) is 0 Å². The van der Waals surface area contributed by atoms with E-state index in [0.717, 1.165) is 0 Å². The molecule has 7 heteroatoms. The summed E-state index contributed by atoms with van der Waals surface area (Å²) in [5.74, 6) is 0.605. The number of ether oxygens (including phenoxy) is 1. The summed E-state index contributed by atoms with van der Waals surface area (Å²) in [5, 5.41) is 6.69. The van der Waals surface area contributed by atoms with Gasteiger partial charge in [0.2, 0.25) is 0 Å². The molecule has 0 saturated carbocycles. The van der Waals surface area contributed by atoms with E-state index in [1.807, 2.05) is 0 Å². The van der Waals surface area contributed by atoms with Gasteiger partial charge in [0.15, 0.2) is 0 Å². The third kappa shape index (κ3) is 1.39. The van der Waals surface area contributed by atoms with E-state index in [2.05, 4.69) is 14.7 Å². The Kier molecular flexibility index (Phi) is 2.03. The molecule has 14 heavy (non-hydrogen) atoms. The van der Waals surface area contributed by atoms with Gasteiger partial charge in [-0.1, -0.05) is 0 Å². The highest BCUT2D eigenvalue weighted by atomic mass is 32.2. The van der Waals surface area contributed by atoms with Crippen LogP contribution in [0.25, 0.3) is 0 Å². The van der Waals surface area contributed by atoms with E-state index in [1.54, 1.807) is 0 Å². The zero-order valence-corrected chi connectivity index (χ0v) is 8.24. The first-order valence-corrected chi connectivity index (χ1v) is 5.37. The van der Waals surface area contributed by atoms with Crippen LogP contribution in [0.1, 0.15) is 12.8 Å². The number of hydrogen-bond acceptors (Lipinski definition) is 6. The van der Waals surface area contributed by atoms with Gasteiger partial charge >= 0.3 is 10.1 Å². The third-order valence-corrected chi connectivity index (χ3v) is 3.16. The highest BCUT2D eigenvalue weighted by molar-refractivity contribution is 7.91. The van der Waals surface area contributed by atoms with Gasteiger partial charge in [0.25, 0.3) is 0 Å². The second-order valence-electron chi connectivity index (χ2n) is 2.84. The second-order valence-corrected chi connectivity index (χ2v) is 4.33. The first-order chi connectivity index (χ1) is 6.63.